The van der Waals surface area contributed by atoms with Crippen LogP contribution < -0.4 is 4.74 Å². The molecular formula is C13H20O2. The second kappa shape index (κ2) is 5.76. The van der Waals surface area contributed by atoms with E-state index < -0.39 is 0 Å². The van der Waals surface area contributed by atoms with Crippen molar-refractivity contribution >= 4 is 0 Å². The smallest absolute Gasteiger partial charge is 0.119 e. The predicted molar refractivity (Wildman–Crippen MR) is 62.1 cm³/mol. The summed E-state index contributed by atoms with van der Waals surface area (Å²) in [4.78, 5) is 0. The summed E-state index contributed by atoms with van der Waals surface area (Å²) in [6, 6.07) is 8.02. The van der Waals surface area contributed by atoms with Crippen molar-refractivity contribution in [1.82, 2.24) is 0 Å². The van der Waals surface area contributed by atoms with Crippen LogP contribution in [0.5, 0.6) is 5.75 Å². The van der Waals surface area contributed by atoms with Gasteiger partial charge >= 0.3 is 0 Å². The Morgan fingerprint density at radius 2 is 1.87 bits per heavy atom. The molecule has 2 rings (SSSR count). The van der Waals surface area contributed by atoms with Crippen LogP contribution in [0.2, 0.25) is 0 Å². The van der Waals surface area contributed by atoms with Crippen molar-refractivity contribution < 1.29 is 9.84 Å². The number of aryl methyl sites for hydroxylation is 1. The lowest BCUT2D eigenvalue weighted by Gasteiger charge is -2.04. The van der Waals surface area contributed by atoms with Crippen LogP contribution in [0.25, 0.3) is 0 Å². The molecule has 0 amide bonds. The topological polar surface area (TPSA) is 29.5 Å². The maximum Gasteiger partial charge on any atom is 0.119 e. The van der Waals surface area contributed by atoms with E-state index in [1.54, 1.807) is 0 Å². The first-order valence-electron chi connectivity index (χ1n) is 5.64. The molecule has 0 aromatic heterocycles. The molecule has 84 valence electrons. The Morgan fingerprint density at radius 3 is 2.33 bits per heavy atom. The average Bonchev–Trinajstić information content (AvgIpc) is 3.03. The molecule has 1 aromatic rings. The monoisotopic (exact) mass is 208 g/mol. The molecule has 15 heavy (non-hydrogen) atoms. The van der Waals surface area contributed by atoms with Crippen molar-refractivity contribution in [3.8, 4) is 5.75 Å². The normalized spacial score (nSPS) is 22.7. The van der Waals surface area contributed by atoms with Crippen LogP contribution in [0.3, 0.4) is 0 Å². The van der Waals surface area contributed by atoms with Crippen molar-refractivity contribution in [2.24, 2.45) is 5.92 Å². The minimum absolute atomic E-state index is 0.243. The van der Waals surface area contributed by atoms with Crippen LogP contribution in [0.4, 0.5) is 0 Å². The van der Waals surface area contributed by atoms with Gasteiger partial charge < -0.3 is 9.84 Å². The average molecular weight is 208 g/mol. The number of hydrogen-bond donors (Lipinski definition) is 1. The Kier molecular flexibility index (Phi) is 4.63. The molecule has 0 bridgehead atoms. The third kappa shape index (κ3) is 3.56. The number of aliphatic hydroxyl groups excluding tert-OH is 1. The first-order chi connectivity index (χ1) is 7.29. The quantitative estimate of drug-likeness (QED) is 0.827. The van der Waals surface area contributed by atoms with Crippen LogP contribution in [0.1, 0.15) is 25.8 Å². The lowest BCUT2D eigenvalue weighted by Crippen LogP contribution is -2.02. The van der Waals surface area contributed by atoms with Gasteiger partial charge in [-0.2, -0.15) is 0 Å². The summed E-state index contributed by atoms with van der Waals surface area (Å²) >= 11 is 0. The highest BCUT2D eigenvalue weighted by Gasteiger charge is 2.38. The predicted octanol–water partition coefficient (Wildman–Crippen LogP) is 2.78. The highest BCUT2D eigenvalue weighted by atomic mass is 16.5. The molecule has 1 aromatic carbocycles. The molecule has 1 fully saturated rings. The van der Waals surface area contributed by atoms with Crippen molar-refractivity contribution in [2.45, 2.75) is 33.3 Å². The zero-order valence-corrected chi connectivity index (χ0v) is 9.73. The van der Waals surface area contributed by atoms with Gasteiger partial charge in [-0.05, 0) is 25.5 Å². The van der Waals surface area contributed by atoms with Gasteiger partial charge in [0.25, 0.3) is 0 Å². The molecule has 2 atom stereocenters. The van der Waals surface area contributed by atoms with E-state index in [-0.39, 0.29) is 12.7 Å². The summed E-state index contributed by atoms with van der Waals surface area (Å²) in [5.74, 6) is 1.27. The molecule has 0 spiro atoms. The Labute approximate surface area is 91.9 Å². The SMILES string of the molecule is CC.Cc1ccc(OC2CC2CO)cc1. The number of benzene rings is 1. The Bertz CT molecular complexity index is 279. The summed E-state index contributed by atoms with van der Waals surface area (Å²) in [7, 11) is 0. The van der Waals surface area contributed by atoms with E-state index in [0.29, 0.717) is 5.92 Å². The molecule has 2 nitrogen and oxygen atoms in total. The second-order valence-corrected chi connectivity index (χ2v) is 3.65. The lowest BCUT2D eigenvalue weighted by atomic mass is 10.2. The molecule has 0 aliphatic heterocycles. The molecule has 1 aliphatic rings. The minimum Gasteiger partial charge on any atom is -0.490 e. The highest BCUT2D eigenvalue weighted by molar-refractivity contribution is 5.27. The number of aliphatic hydroxyl groups is 1. The molecule has 0 radical (unpaired) electrons. The number of hydrogen-bond acceptors (Lipinski definition) is 2. The molecule has 1 saturated carbocycles. The Hall–Kier alpha value is -1.02. The minimum atomic E-state index is 0.243. The molecule has 0 saturated heterocycles. The van der Waals surface area contributed by atoms with Gasteiger partial charge in [0, 0.05) is 12.5 Å². The van der Waals surface area contributed by atoms with Crippen molar-refractivity contribution in [3.63, 3.8) is 0 Å². The van der Waals surface area contributed by atoms with Gasteiger partial charge in [0.1, 0.15) is 11.9 Å². The van der Waals surface area contributed by atoms with Crippen molar-refractivity contribution in [3.05, 3.63) is 29.8 Å². The first kappa shape index (κ1) is 12.1. The zero-order chi connectivity index (χ0) is 11.3. The summed E-state index contributed by atoms with van der Waals surface area (Å²) in [5.41, 5.74) is 1.24. The van der Waals surface area contributed by atoms with Crippen molar-refractivity contribution in [2.75, 3.05) is 6.61 Å². The van der Waals surface area contributed by atoms with E-state index in [4.69, 9.17) is 9.84 Å². The third-order valence-electron chi connectivity index (χ3n) is 2.40. The maximum atomic E-state index is 8.82. The van der Waals surface area contributed by atoms with Gasteiger partial charge in [-0.15, -0.1) is 0 Å². The van der Waals surface area contributed by atoms with E-state index in [1.807, 2.05) is 38.1 Å². The zero-order valence-electron chi connectivity index (χ0n) is 9.73. The van der Waals surface area contributed by atoms with Crippen LogP contribution >= 0.6 is 0 Å². The molecular weight excluding hydrogens is 188 g/mol. The molecule has 0 heterocycles. The fraction of sp³-hybridized carbons (Fsp3) is 0.538. The van der Waals surface area contributed by atoms with Gasteiger partial charge in [0.2, 0.25) is 0 Å². The summed E-state index contributed by atoms with van der Waals surface area (Å²) < 4.78 is 5.62. The van der Waals surface area contributed by atoms with Crippen molar-refractivity contribution in [1.29, 1.82) is 0 Å². The summed E-state index contributed by atoms with van der Waals surface area (Å²) in [6.45, 7) is 6.30. The van der Waals surface area contributed by atoms with E-state index >= 15 is 0 Å². The van der Waals surface area contributed by atoms with E-state index in [9.17, 15) is 0 Å². The van der Waals surface area contributed by atoms with Gasteiger partial charge in [-0.25, -0.2) is 0 Å². The fourth-order valence-corrected chi connectivity index (χ4v) is 1.35. The fourth-order valence-electron chi connectivity index (χ4n) is 1.35. The van der Waals surface area contributed by atoms with Gasteiger partial charge in [-0.1, -0.05) is 31.5 Å². The second-order valence-electron chi connectivity index (χ2n) is 3.65. The van der Waals surface area contributed by atoms with Gasteiger partial charge in [-0.3, -0.25) is 0 Å². The summed E-state index contributed by atoms with van der Waals surface area (Å²) in [5, 5.41) is 8.82. The highest BCUT2D eigenvalue weighted by Crippen LogP contribution is 2.34. The standard InChI is InChI=1S/C11H14O2.C2H6/c1-8-2-4-10(5-3-8)13-11-6-9(11)7-12;1-2/h2-5,9,11-12H,6-7H2,1H3;1-2H3. The molecule has 1 N–H and O–H groups in total. The molecule has 1 aliphatic carbocycles. The Balaban J connectivity index is 0.000000531. The van der Waals surface area contributed by atoms with E-state index in [2.05, 4.69) is 6.92 Å². The first-order valence-corrected chi connectivity index (χ1v) is 5.64. The van der Waals surface area contributed by atoms with E-state index in [1.165, 1.54) is 5.56 Å². The van der Waals surface area contributed by atoms with Crippen LogP contribution in [0, 0.1) is 12.8 Å². The van der Waals surface area contributed by atoms with Crippen LogP contribution in [-0.4, -0.2) is 17.8 Å². The van der Waals surface area contributed by atoms with Gasteiger partial charge in [0.15, 0.2) is 0 Å². The summed E-state index contributed by atoms with van der Waals surface area (Å²) in [6.07, 6.45) is 1.23. The maximum absolute atomic E-state index is 8.82. The molecule has 2 heteroatoms. The van der Waals surface area contributed by atoms with Crippen LogP contribution in [0.15, 0.2) is 24.3 Å². The van der Waals surface area contributed by atoms with Gasteiger partial charge in [0.05, 0.1) is 0 Å². The van der Waals surface area contributed by atoms with Crippen LogP contribution in [-0.2, 0) is 0 Å². The molecule has 2 unspecified atom stereocenters. The largest absolute Gasteiger partial charge is 0.490 e. The number of rotatable bonds is 3. The number of ether oxygens (including phenoxy) is 1. The lowest BCUT2D eigenvalue weighted by molar-refractivity contribution is 0.224. The third-order valence-corrected chi connectivity index (χ3v) is 2.40. The van der Waals surface area contributed by atoms with E-state index in [0.717, 1.165) is 12.2 Å². The Morgan fingerprint density at radius 1 is 1.27 bits per heavy atom.